The molecule has 0 aliphatic carbocycles. The maximum atomic E-state index is 13.3. The van der Waals surface area contributed by atoms with E-state index in [1.807, 2.05) is 0 Å². The molecule has 4 nitrogen and oxygen atoms in total. The number of halogens is 5. The van der Waals surface area contributed by atoms with Gasteiger partial charge in [0, 0.05) is 12.6 Å². The summed E-state index contributed by atoms with van der Waals surface area (Å²) in [6, 6.07) is 3.08. The first kappa shape index (κ1) is 18.9. The summed E-state index contributed by atoms with van der Waals surface area (Å²) in [5.74, 6) is -1.43. The third kappa shape index (κ3) is 3.82. The molecule has 0 aliphatic heterocycles. The molecule has 0 spiro atoms. The van der Waals surface area contributed by atoms with Crippen LogP contribution in [0.4, 0.5) is 23.2 Å². The Bertz CT molecular complexity index is 846. The smallest absolute Gasteiger partial charge is 0.297 e. The molecule has 25 heavy (non-hydrogen) atoms. The van der Waals surface area contributed by atoms with Gasteiger partial charge in [-0.3, -0.25) is 9.48 Å². The summed E-state index contributed by atoms with van der Waals surface area (Å²) in [6.45, 7) is 9.72. The minimum absolute atomic E-state index is 0.0940. The minimum atomic E-state index is -4.70. The summed E-state index contributed by atoms with van der Waals surface area (Å²) in [5.41, 5.74) is -2.86. The number of alkyl halides is 3. The number of aromatic nitrogens is 2. The molecular formula is C16H12ClF4N3O. The van der Waals surface area contributed by atoms with Crippen molar-refractivity contribution in [2.24, 2.45) is 0 Å². The van der Waals surface area contributed by atoms with Crippen LogP contribution in [0, 0.1) is 12.5 Å². The molecule has 1 aromatic carbocycles. The number of Topliss-reactive ketones (excluding diaryl/α,β-unsaturated/α-hetero) is 1. The van der Waals surface area contributed by atoms with Crippen molar-refractivity contribution < 1.29 is 22.4 Å². The van der Waals surface area contributed by atoms with Crippen LogP contribution in [0.25, 0.3) is 4.85 Å². The van der Waals surface area contributed by atoms with E-state index in [4.69, 9.17) is 18.2 Å². The van der Waals surface area contributed by atoms with Crippen molar-refractivity contribution in [3.8, 4) is 0 Å². The largest absolute Gasteiger partial charge is 0.407 e. The molecule has 0 bridgehead atoms. The molecule has 0 fully saturated rings. The zero-order valence-corrected chi connectivity index (χ0v) is 13.9. The van der Waals surface area contributed by atoms with Crippen molar-refractivity contribution in [2.75, 3.05) is 0 Å². The lowest BCUT2D eigenvalue weighted by Crippen LogP contribution is -2.37. The second-order valence-corrected chi connectivity index (χ2v) is 6.24. The van der Waals surface area contributed by atoms with Crippen LogP contribution in [-0.4, -0.2) is 15.6 Å². The number of rotatable bonds is 4. The normalized spacial score (nSPS) is 12.1. The number of carbonyl (C=O) groups excluding carboxylic acids is 1. The standard InChI is InChI=1S/C16H12ClF4N3O/c1-15(2,24-8-11(17)14(18)23-24)13(25)7-9-4-5-12(22-3)10(6-9)16(19,20)21/h4-6,8H,7H2,1-2H3. The van der Waals surface area contributed by atoms with Gasteiger partial charge in [-0.2, -0.15) is 17.6 Å². The first-order chi connectivity index (χ1) is 11.5. The Hall–Kier alpha value is -2.40. The fourth-order valence-corrected chi connectivity index (χ4v) is 2.30. The van der Waals surface area contributed by atoms with E-state index in [0.29, 0.717) is 0 Å². The summed E-state index contributed by atoms with van der Waals surface area (Å²) in [4.78, 5) is 15.3. The molecule has 0 amide bonds. The molecule has 2 aromatic rings. The number of ketones is 1. The molecule has 0 radical (unpaired) electrons. The second-order valence-electron chi connectivity index (χ2n) is 5.83. The fourth-order valence-electron chi connectivity index (χ4n) is 2.17. The Labute approximate surface area is 145 Å². The highest BCUT2D eigenvalue weighted by molar-refractivity contribution is 6.30. The molecule has 0 unspecified atom stereocenters. The Morgan fingerprint density at radius 3 is 2.48 bits per heavy atom. The van der Waals surface area contributed by atoms with E-state index >= 15 is 0 Å². The number of nitrogens with zero attached hydrogens (tertiary/aromatic N) is 3. The number of hydrogen-bond acceptors (Lipinski definition) is 2. The van der Waals surface area contributed by atoms with Crippen molar-refractivity contribution in [2.45, 2.75) is 32.0 Å². The van der Waals surface area contributed by atoms with Crippen LogP contribution < -0.4 is 0 Å². The van der Waals surface area contributed by atoms with Crippen LogP contribution in [0.5, 0.6) is 0 Å². The summed E-state index contributed by atoms with van der Waals surface area (Å²) in [7, 11) is 0. The molecule has 132 valence electrons. The molecule has 2 rings (SSSR count). The Morgan fingerprint density at radius 1 is 1.36 bits per heavy atom. The zero-order valence-electron chi connectivity index (χ0n) is 13.2. The minimum Gasteiger partial charge on any atom is -0.297 e. The predicted octanol–water partition coefficient (Wildman–Crippen LogP) is 4.79. The van der Waals surface area contributed by atoms with Gasteiger partial charge >= 0.3 is 6.18 Å². The fraction of sp³-hybridized carbons (Fsp3) is 0.312. The van der Waals surface area contributed by atoms with E-state index in [1.165, 1.54) is 19.9 Å². The monoisotopic (exact) mass is 373 g/mol. The lowest BCUT2D eigenvalue weighted by molar-refractivity contribution is -0.137. The van der Waals surface area contributed by atoms with Crippen molar-refractivity contribution >= 4 is 23.1 Å². The SMILES string of the molecule is [C-]#[N+]c1ccc(CC(=O)C(C)(C)n2cc(Cl)c(F)n2)cc1C(F)(F)F. The molecule has 0 aliphatic rings. The molecule has 0 N–H and O–H groups in total. The Balaban J connectivity index is 2.33. The first-order valence-electron chi connectivity index (χ1n) is 6.99. The molecule has 1 aromatic heterocycles. The quantitative estimate of drug-likeness (QED) is 0.571. The molecule has 0 saturated carbocycles. The average Bonchev–Trinajstić information content (AvgIpc) is 2.86. The van der Waals surface area contributed by atoms with Crippen LogP contribution in [-0.2, 0) is 22.9 Å². The van der Waals surface area contributed by atoms with E-state index < -0.39 is 34.7 Å². The van der Waals surface area contributed by atoms with Gasteiger partial charge in [-0.15, -0.1) is 5.10 Å². The van der Waals surface area contributed by atoms with E-state index in [-0.39, 0.29) is 17.0 Å². The van der Waals surface area contributed by atoms with Gasteiger partial charge in [0.25, 0.3) is 5.95 Å². The van der Waals surface area contributed by atoms with Crippen molar-refractivity contribution in [1.82, 2.24) is 9.78 Å². The van der Waals surface area contributed by atoms with E-state index in [1.54, 1.807) is 0 Å². The molecule has 1 heterocycles. The highest BCUT2D eigenvalue weighted by Crippen LogP contribution is 2.37. The molecule has 9 heteroatoms. The number of carbonyl (C=O) groups is 1. The van der Waals surface area contributed by atoms with Crippen molar-refractivity contribution in [3.05, 3.63) is 57.9 Å². The van der Waals surface area contributed by atoms with Crippen LogP contribution in [0.15, 0.2) is 24.4 Å². The topological polar surface area (TPSA) is 39.2 Å². The van der Waals surface area contributed by atoms with Gasteiger partial charge in [0.1, 0.15) is 10.6 Å². The van der Waals surface area contributed by atoms with E-state index in [2.05, 4.69) is 9.94 Å². The average molecular weight is 374 g/mol. The zero-order chi connectivity index (χ0) is 19.0. The Kier molecular flexibility index (Phi) is 4.91. The van der Waals surface area contributed by atoms with Gasteiger partial charge in [-0.1, -0.05) is 29.8 Å². The lowest BCUT2D eigenvalue weighted by atomic mass is 9.93. The first-order valence-corrected chi connectivity index (χ1v) is 7.36. The van der Waals surface area contributed by atoms with E-state index in [0.717, 1.165) is 23.0 Å². The van der Waals surface area contributed by atoms with Gasteiger partial charge < -0.3 is 0 Å². The highest BCUT2D eigenvalue weighted by atomic mass is 35.5. The predicted molar refractivity (Wildman–Crippen MR) is 82.9 cm³/mol. The third-order valence-electron chi connectivity index (χ3n) is 3.73. The lowest BCUT2D eigenvalue weighted by Gasteiger charge is -2.24. The number of benzene rings is 1. The van der Waals surface area contributed by atoms with E-state index in [9.17, 15) is 22.4 Å². The van der Waals surface area contributed by atoms with Crippen LogP contribution in [0.1, 0.15) is 25.0 Å². The number of hydrogen-bond donors (Lipinski definition) is 0. The van der Waals surface area contributed by atoms with Gasteiger partial charge in [-0.05, 0) is 19.4 Å². The summed E-state index contributed by atoms with van der Waals surface area (Å²) >= 11 is 5.58. The van der Waals surface area contributed by atoms with Gasteiger partial charge in [-0.25, -0.2) is 4.85 Å². The van der Waals surface area contributed by atoms with Crippen molar-refractivity contribution in [1.29, 1.82) is 0 Å². The summed E-state index contributed by atoms with van der Waals surface area (Å²) < 4.78 is 53.3. The second kappa shape index (κ2) is 6.48. The third-order valence-corrected chi connectivity index (χ3v) is 3.99. The maximum Gasteiger partial charge on any atom is 0.407 e. The van der Waals surface area contributed by atoms with Crippen LogP contribution in [0.2, 0.25) is 5.02 Å². The maximum absolute atomic E-state index is 13.3. The Morgan fingerprint density at radius 2 is 2.00 bits per heavy atom. The summed E-state index contributed by atoms with van der Waals surface area (Å²) in [5, 5.41) is 3.24. The van der Waals surface area contributed by atoms with Gasteiger partial charge in [0.15, 0.2) is 11.5 Å². The summed E-state index contributed by atoms with van der Waals surface area (Å²) in [6.07, 6.45) is -3.90. The van der Waals surface area contributed by atoms with Gasteiger partial charge in [0.05, 0.1) is 12.1 Å². The van der Waals surface area contributed by atoms with Crippen LogP contribution >= 0.6 is 11.6 Å². The van der Waals surface area contributed by atoms with Crippen LogP contribution in [0.3, 0.4) is 0 Å². The molecule has 0 saturated heterocycles. The molecule has 0 atom stereocenters. The molecular weight excluding hydrogens is 362 g/mol. The van der Waals surface area contributed by atoms with Crippen molar-refractivity contribution in [3.63, 3.8) is 0 Å². The van der Waals surface area contributed by atoms with Gasteiger partial charge in [0.2, 0.25) is 0 Å². The highest BCUT2D eigenvalue weighted by Gasteiger charge is 2.35.